The maximum absolute atomic E-state index is 11.4. The number of hydrogen-bond donors (Lipinski definition) is 4. The number of hydrogen-bond acceptors (Lipinski definition) is 4. The Hall–Kier alpha value is -2.24. The van der Waals surface area contributed by atoms with Crippen LogP contribution in [0.1, 0.15) is 30.6 Å². The highest BCUT2D eigenvalue weighted by Gasteiger charge is 2.18. The number of nitrogens with two attached hydrogens (primary N) is 1. The molecule has 2 aromatic carbocycles. The molecule has 1 amide bonds. The van der Waals surface area contributed by atoms with Crippen molar-refractivity contribution >= 4 is 23.2 Å². The summed E-state index contributed by atoms with van der Waals surface area (Å²) in [5.74, 6) is -0.886. The Morgan fingerprint density at radius 1 is 1.25 bits per heavy atom. The van der Waals surface area contributed by atoms with Gasteiger partial charge in [-0.2, -0.15) is 0 Å². The van der Waals surface area contributed by atoms with Crippen LogP contribution in [0.25, 0.3) is 11.1 Å². The van der Waals surface area contributed by atoms with Crippen LogP contribution in [-0.4, -0.2) is 28.3 Å². The van der Waals surface area contributed by atoms with Gasteiger partial charge in [-0.3, -0.25) is 4.79 Å². The number of nitrogens with one attached hydrogen (secondary N) is 1. The van der Waals surface area contributed by atoms with Crippen molar-refractivity contribution in [1.29, 1.82) is 0 Å². The second-order valence-corrected chi connectivity index (χ2v) is 6.65. The molecule has 5 N–H and O–H groups in total. The summed E-state index contributed by atoms with van der Waals surface area (Å²) in [7, 11) is 0. The van der Waals surface area contributed by atoms with Crippen LogP contribution in [0.2, 0.25) is 5.02 Å². The molecule has 6 heteroatoms. The van der Waals surface area contributed by atoms with Crippen LogP contribution in [0.4, 0.5) is 5.69 Å². The summed E-state index contributed by atoms with van der Waals surface area (Å²) in [5, 5.41) is 23.1. The van der Waals surface area contributed by atoms with Crippen LogP contribution in [0, 0.1) is 0 Å². The Balaban J connectivity index is 2.38. The highest BCUT2D eigenvalue weighted by Crippen LogP contribution is 2.37. The number of benzene rings is 2. The van der Waals surface area contributed by atoms with Crippen molar-refractivity contribution < 1.29 is 15.0 Å². The van der Waals surface area contributed by atoms with Gasteiger partial charge in [0.15, 0.2) is 0 Å². The molecular weight excluding hydrogens is 328 g/mol. The van der Waals surface area contributed by atoms with Crippen LogP contribution in [0.5, 0.6) is 5.75 Å². The normalized spacial score (nSPS) is 11.3. The number of primary amides is 1. The first kappa shape index (κ1) is 18.1. The molecule has 128 valence electrons. The van der Waals surface area contributed by atoms with Crippen LogP contribution in [-0.2, 0) is 0 Å². The van der Waals surface area contributed by atoms with Gasteiger partial charge < -0.3 is 21.3 Å². The zero-order chi connectivity index (χ0) is 17.9. The molecule has 2 rings (SSSR count). The van der Waals surface area contributed by atoms with Crippen molar-refractivity contribution in [1.82, 2.24) is 0 Å². The first-order chi connectivity index (χ1) is 11.2. The fourth-order valence-corrected chi connectivity index (χ4v) is 2.79. The SMILES string of the molecule is CC(C)(CCO)Nc1ccc(-c2cccc(C(N)=O)c2O)c(Cl)c1. The van der Waals surface area contributed by atoms with Crippen LogP contribution < -0.4 is 11.1 Å². The van der Waals surface area contributed by atoms with Crippen LogP contribution in [0.3, 0.4) is 0 Å². The number of aromatic hydroxyl groups is 1. The Labute approximate surface area is 146 Å². The number of phenols is 1. The maximum Gasteiger partial charge on any atom is 0.252 e. The van der Waals surface area contributed by atoms with Crippen molar-refractivity contribution in [2.45, 2.75) is 25.8 Å². The number of aliphatic hydroxyl groups excluding tert-OH is 1. The lowest BCUT2D eigenvalue weighted by molar-refractivity contribution is 0.0998. The van der Waals surface area contributed by atoms with Gasteiger partial charge in [0.2, 0.25) is 0 Å². The van der Waals surface area contributed by atoms with E-state index in [1.165, 1.54) is 6.07 Å². The molecule has 0 saturated carbocycles. The van der Waals surface area contributed by atoms with E-state index in [-0.39, 0.29) is 23.5 Å². The highest BCUT2D eigenvalue weighted by atomic mass is 35.5. The molecule has 0 aliphatic heterocycles. The van der Waals surface area contributed by atoms with E-state index in [0.717, 1.165) is 5.69 Å². The third-order valence-corrected chi connectivity index (χ3v) is 4.09. The van der Waals surface area contributed by atoms with Gasteiger partial charge in [-0.05, 0) is 38.5 Å². The fourth-order valence-electron chi connectivity index (χ4n) is 2.50. The molecule has 0 radical (unpaired) electrons. The van der Waals surface area contributed by atoms with Gasteiger partial charge in [0.1, 0.15) is 5.75 Å². The van der Waals surface area contributed by atoms with E-state index >= 15 is 0 Å². The third kappa shape index (κ3) is 3.99. The minimum absolute atomic E-state index is 0.0508. The average molecular weight is 349 g/mol. The van der Waals surface area contributed by atoms with E-state index in [1.54, 1.807) is 24.3 Å². The number of carbonyl (C=O) groups excluding carboxylic acids is 1. The van der Waals surface area contributed by atoms with Crippen molar-refractivity contribution in [3.63, 3.8) is 0 Å². The Bertz CT molecular complexity index is 760. The molecule has 24 heavy (non-hydrogen) atoms. The largest absolute Gasteiger partial charge is 0.506 e. The van der Waals surface area contributed by atoms with Crippen molar-refractivity contribution in [3.8, 4) is 16.9 Å². The number of para-hydroxylation sites is 1. The molecule has 0 atom stereocenters. The lowest BCUT2D eigenvalue weighted by Gasteiger charge is -2.27. The summed E-state index contributed by atoms with van der Waals surface area (Å²) in [4.78, 5) is 11.4. The number of rotatable bonds is 6. The molecular formula is C18H21ClN2O3. The zero-order valence-electron chi connectivity index (χ0n) is 13.6. The van der Waals surface area contributed by atoms with Gasteiger partial charge in [0.05, 0.1) is 10.6 Å². The topological polar surface area (TPSA) is 95.6 Å². The molecule has 0 heterocycles. The van der Waals surface area contributed by atoms with Crippen molar-refractivity contribution in [2.24, 2.45) is 5.73 Å². The Morgan fingerprint density at radius 3 is 2.54 bits per heavy atom. The number of anilines is 1. The van der Waals surface area contributed by atoms with Gasteiger partial charge in [-0.15, -0.1) is 0 Å². The molecule has 2 aromatic rings. The second kappa shape index (κ2) is 7.11. The van der Waals surface area contributed by atoms with Gasteiger partial charge >= 0.3 is 0 Å². The first-order valence-electron chi connectivity index (χ1n) is 7.56. The number of carbonyl (C=O) groups is 1. The Morgan fingerprint density at radius 2 is 1.96 bits per heavy atom. The average Bonchev–Trinajstić information content (AvgIpc) is 2.47. The molecule has 0 unspecified atom stereocenters. The third-order valence-electron chi connectivity index (χ3n) is 3.78. The molecule has 0 bridgehead atoms. The highest BCUT2D eigenvalue weighted by molar-refractivity contribution is 6.33. The smallest absolute Gasteiger partial charge is 0.252 e. The predicted octanol–water partition coefficient (Wildman–Crippen LogP) is 3.38. The summed E-state index contributed by atoms with van der Waals surface area (Å²) >= 11 is 6.36. The lowest BCUT2D eigenvalue weighted by Crippen LogP contribution is -2.31. The van der Waals surface area contributed by atoms with Gasteiger partial charge in [-0.1, -0.05) is 29.8 Å². The van der Waals surface area contributed by atoms with Crippen LogP contribution >= 0.6 is 11.6 Å². The minimum atomic E-state index is -0.700. The van der Waals surface area contributed by atoms with Crippen molar-refractivity contribution in [3.05, 3.63) is 47.0 Å². The number of amides is 1. The first-order valence-corrected chi connectivity index (χ1v) is 7.94. The molecule has 0 spiro atoms. The fraction of sp³-hybridized carbons (Fsp3) is 0.278. The summed E-state index contributed by atoms with van der Waals surface area (Å²) < 4.78 is 0. The quantitative estimate of drug-likeness (QED) is 0.643. The maximum atomic E-state index is 11.4. The molecule has 0 fully saturated rings. The molecule has 0 saturated heterocycles. The van der Waals surface area contributed by atoms with E-state index in [9.17, 15) is 9.90 Å². The van der Waals surface area contributed by atoms with Crippen LogP contribution in [0.15, 0.2) is 36.4 Å². The minimum Gasteiger partial charge on any atom is -0.506 e. The molecule has 5 nitrogen and oxygen atoms in total. The molecule has 0 aromatic heterocycles. The van der Waals surface area contributed by atoms with E-state index in [0.29, 0.717) is 22.6 Å². The van der Waals surface area contributed by atoms with E-state index in [1.807, 2.05) is 19.9 Å². The van der Waals surface area contributed by atoms with Gasteiger partial charge in [0, 0.05) is 29.0 Å². The van der Waals surface area contributed by atoms with E-state index in [2.05, 4.69) is 5.32 Å². The van der Waals surface area contributed by atoms with E-state index < -0.39 is 5.91 Å². The van der Waals surface area contributed by atoms with Crippen molar-refractivity contribution in [2.75, 3.05) is 11.9 Å². The number of aliphatic hydroxyl groups is 1. The number of halogens is 1. The zero-order valence-corrected chi connectivity index (χ0v) is 14.4. The second-order valence-electron chi connectivity index (χ2n) is 6.24. The molecule has 0 aliphatic carbocycles. The summed E-state index contributed by atoms with van der Waals surface area (Å²) in [6.45, 7) is 4.04. The predicted molar refractivity (Wildman–Crippen MR) is 96.5 cm³/mol. The van der Waals surface area contributed by atoms with Gasteiger partial charge in [0.25, 0.3) is 5.91 Å². The monoisotopic (exact) mass is 348 g/mol. The summed E-state index contributed by atoms with van der Waals surface area (Å²) in [5.41, 5.74) is 6.87. The van der Waals surface area contributed by atoms with E-state index in [4.69, 9.17) is 22.4 Å². The lowest BCUT2D eigenvalue weighted by atomic mass is 9.98. The summed E-state index contributed by atoms with van der Waals surface area (Å²) in [6, 6.07) is 10.1. The standard InChI is InChI=1S/C18H21ClN2O3/c1-18(2,8-9-22)21-11-6-7-12(15(19)10-11)13-4-3-5-14(16(13)23)17(20)24/h3-7,10,21-23H,8-9H2,1-2H3,(H2,20,24). The van der Waals surface area contributed by atoms with Gasteiger partial charge in [-0.25, -0.2) is 0 Å². The summed E-state index contributed by atoms with van der Waals surface area (Å²) in [6.07, 6.45) is 0.591. The molecule has 0 aliphatic rings. The Kier molecular flexibility index (Phi) is 5.36.